The Kier molecular flexibility index (Phi) is 4.77. The number of nitrogens with two attached hydrogens (primary N) is 1. The van der Waals surface area contributed by atoms with Crippen LogP contribution in [0.15, 0.2) is 36.5 Å². The van der Waals surface area contributed by atoms with Crippen LogP contribution in [0.5, 0.6) is 5.75 Å². The minimum atomic E-state index is -0.183. The van der Waals surface area contributed by atoms with Crippen LogP contribution < -0.4 is 15.8 Å². The maximum atomic E-state index is 12.1. The number of nitrogens with one attached hydrogen (secondary N) is 1. The van der Waals surface area contributed by atoms with Crippen molar-refractivity contribution < 1.29 is 9.53 Å². The first-order chi connectivity index (χ1) is 10.2. The van der Waals surface area contributed by atoms with E-state index in [1.54, 1.807) is 31.5 Å². The molecule has 0 aliphatic heterocycles. The minimum Gasteiger partial charge on any atom is -0.495 e. The topological polar surface area (TPSA) is 77.2 Å². The summed E-state index contributed by atoms with van der Waals surface area (Å²) >= 11 is 0. The highest BCUT2D eigenvalue weighted by molar-refractivity contribution is 5.95. The van der Waals surface area contributed by atoms with Crippen molar-refractivity contribution in [2.45, 2.75) is 19.9 Å². The van der Waals surface area contributed by atoms with Crippen LogP contribution >= 0.6 is 0 Å². The van der Waals surface area contributed by atoms with Crippen LogP contribution in [0.1, 0.15) is 28.5 Å². The average Bonchev–Trinajstić information content (AvgIpc) is 2.52. The molecular formula is C16H19N3O2. The van der Waals surface area contributed by atoms with Gasteiger partial charge in [0.05, 0.1) is 25.0 Å². The summed E-state index contributed by atoms with van der Waals surface area (Å²) in [4.78, 5) is 16.4. The summed E-state index contributed by atoms with van der Waals surface area (Å²) < 4.78 is 5.07. The molecule has 5 heteroatoms. The minimum absolute atomic E-state index is 0.183. The first-order valence-electron chi connectivity index (χ1n) is 6.80. The second-order valence-corrected chi connectivity index (χ2v) is 4.60. The van der Waals surface area contributed by atoms with E-state index in [-0.39, 0.29) is 5.91 Å². The fourth-order valence-electron chi connectivity index (χ4n) is 2.09. The van der Waals surface area contributed by atoms with Crippen molar-refractivity contribution in [3.63, 3.8) is 0 Å². The van der Waals surface area contributed by atoms with Gasteiger partial charge in [-0.15, -0.1) is 0 Å². The average molecular weight is 285 g/mol. The van der Waals surface area contributed by atoms with E-state index in [0.29, 0.717) is 23.5 Å². The number of aromatic nitrogens is 1. The second-order valence-electron chi connectivity index (χ2n) is 4.60. The zero-order valence-electron chi connectivity index (χ0n) is 12.2. The van der Waals surface area contributed by atoms with Gasteiger partial charge in [0.2, 0.25) is 0 Å². The van der Waals surface area contributed by atoms with Crippen molar-refractivity contribution in [2.24, 2.45) is 0 Å². The number of ether oxygens (including phenoxy) is 1. The van der Waals surface area contributed by atoms with Gasteiger partial charge in [0.25, 0.3) is 5.91 Å². The second kappa shape index (κ2) is 6.74. The van der Waals surface area contributed by atoms with Crippen LogP contribution in [0, 0.1) is 0 Å². The molecule has 21 heavy (non-hydrogen) atoms. The lowest BCUT2D eigenvalue weighted by atomic mass is 10.1. The predicted octanol–water partition coefficient (Wildman–Crippen LogP) is 2.16. The third-order valence-electron chi connectivity index (χ3n) is 3.27. The normalized spacial score (nSPS) is 10.2. The summed E-state index contributed by atoms with van der Waals surface area (Å²) in [6.45, 7) is 2.46. The molecule has 0 bridgehead atoms. The van der Waals surface area contributed by atoms with Crippen LogP contribution in [0.2, 0.25) is 0 Å². The molecule has 1 aromatic carbocycles. The van der Waals surface area contributed by atoms with Gasteiger partial charge in [-0.05, 0) is 36.2 Å². The molecule has 0 aliphatic rings. The van der Waals surface area contributed by atoms with Crippen molar-refractivity contribution in [3.05, 3.63) is 53.3 Å². The first-order valence-corrected chi connectivity index (χ1v) is 6.80. The van der Waals surface area contributed by atoms with Crippen LogP contribution in [0.25, 0.3) is 0 Å². The van der Waals surface area contributed by atoms with Gasteiger partial charge in [0.1, 0.15) is 5.75 Å². The molecule has 0 atom stereocenters. The third kappa shape index (κ3) is 3.51. The van der Waals surface area contributed by atoms with Crippen molar-refractivity contribution >= 4 is 11.6 Å². The van der Waals surface area contributed by atoms with E-state index in [0.717, 1.165) is 17.7 Å². The number of hydrogen-bond acceptors (Lipinski definition) is 4. The zero-order chi connectivity index (χ0) is 15.2. The van der Waals surface area contributed by atoms with E-state index >= 15 is 0 Å². The van der Waals surface area contributed by atoms with Crippen molar-refractivity contribution in [3.8, 4) is 5.75 Å². The number of pyridine rings is 1. The van der Waals surface area contributed by atoms with E-state index < -0.39 is 0 Å². The summed E-state index contributed by atoms with van der Waals surface area (Å²) in [5, 5.41) is 2.86. The summed E-state index contributed by atoms with van der Waals surface area (Å²) in [6.07, 6.45) is 2.61. The number of rotatable bonds is 5. The molecule has 0 fully saturated rings. The molecule has 110 valence electrons. The van der Waals surface area contributed by atoms with Crippen LogP contribution in [-0.2, 0) is 13.0 Å². The molecule has 1 heterocycles. The number of nitrogens with zero attached hydrogens (tertiary/aromatic N) is 1. The Morgan fingerprint density at radius 1 is 1.38 bits per heavy atom. The smallest absolute Gasteiger partial charge is 0.251 e. The maximum absolute atomic E-state index is 12.1. The first kappa shape index (κ1) is 14.8. The molecule has 2 aromatic rings. The number of carbonyl (C=O) groups excluding carboxylic acids is 1. The molecule has 3 N–H and O–H groups in total. The number of methoxy groups -OCH3 is 1. The molecule has 1 amide bonds. The molecular weight excluding hydrogens is 266 g/mol. The Bertz CT molecular complexity index is 641. The van der Waals surface area contributed by atoms with Gasteiger partial charge < -0.3 is 15.8 Å². The fourth-order valence-corrected chi connectivity index (χ4v) is 2.09. The Morgan fingerprint density at radius 2 is 2.19 bits per heavy atom. The van der Waals surface area contributed by atoms with Crippen LogP contribution in [0.3, 0.4) is 0 Å². The molecule has 0 saturated heterocycles. The standard InChI is InChI=1S/C16H19N3O2/c1-3-11-5-4-8-18-14(11)10-19-16(20)12-6-7-15(21-2)13(17)9-12/h4-9H,3,10,17H2,1-2H3,(H,19,20). The molecule has 2 rings (SSSR count). The highest BCUT2D eigenvalue weighted by atomic mass is 16.5. The Hall–Kier alpha value is -2.56. The quantitative estimate of drug-likeness (QED) is 0.825. The maximum Gasteiger partial charge on any atom is 0.251 e. The predicted molar refractivity (Wildman–Crippen MR) is 82.2 cm³/mol. The van der Waals surface area contributed by atoms with Gasteiger partial charge in [-0.3, -0.25) is 9.78 Å². The lowest BCUT2D eigenvalue weighted by molar-refractivity contribution is 0.0950. The molecule has 0 aliphatic carbocycles. The molecule has 0 spiro atoms. The van der Waals surface area contributed by atoms with Gasteiger partial charge >= 0.3 is 0 Å². The lowest BCUT2D eigenvalue weighted by Crippen LogP contribution is -2.24. The van der Waals surface area contributed by atoms with Gasteiger partial charge in [0.15, 0.2) is 0 Å². The zero-order valence-corrected chi connectivity index (χ0v) is 12.2. The number of hydrogen-bond donors (Lipinski definition) is 2. The largest absolute Gasteiger partial charge is 0.495 e. The summed E-state index contributed by atoms with van der Waals surface area (Å²) in [7, 11) is 1.54. The number of amides is 1. The van der Waals surface area contributed by atoms with E-state index in [2.05, 4.69) is 17.2 Å². The van der Waals surface area contributed by atoms with E-state index in [4.69, 9.17) is 10.5 Å². The Labute approximate surface area is 124 Å². The summed E-state index contributed by atoms with van der Waals surface area (Å²) in [5.74, 6) is 0.376. The molecule has 0 saturated carbocycles. The number of anilines is 1. The van der Waals surface area contributed by atoms with E-state index in [9.17, 15) is 4.79 Å². The lowest BCUT2D eigenvalue weighted by Gasteiger charge is -2.10. The van der Waals surface area contributed by atoms with Crippen molar-refractivity contribution in [1.82, 2.24) is 10.3 Å². The van der Waals surface area contributed by atoms with Gasteiger partial charge in [0, 0.05) is 11.8 Å². The summed E-state index contributed by atoms with van der Waals surface area (Å²) in [5.41, 5.74) is 8.76. The number of aryl methyl sites for hydroxylation is 1. The number of carbonyl (C=O) groups is 1. The highest BCUT2D eigenvalue weighted by Gasteiger charge is 2.09. The summed E-state index contributed by atoms with van der Waals surface area (Å²) in [6, 6.07) is 8.88. The fraction of sp³-hybridized carbons (Fsp3) is 0.250. The van der Waals surface area contributed by atoms with E-state index in [1.165, 1.54) is 0 Å². The van der Waals surface area contributed by atoms with Gasteiger partial charge in [-0.1, -0.05) is 13.0 Å². The highest BCUT2D eigenvalue weighted by Crippen LogP contribution is 2.21. The number of nitrogen functional groups attached to an aromatic ring is 1. The monoisotopic (exact) mass is 285 g/mol. The third-order valence-corrected chi connectivity index (χ3v) is 3.27. The number of benzene rings is 1. The Morgan fingerprint density at radius 3 is 2.86 bits per heavy atom. The SMILES string of the molecule is CCc1cccnc1CNC(=O)c1ccc(OC)c(N)c1. The van der Waals surface area contributed by atoms with Crippen LogP contribution in [0.4, 0.5) is 5.69 Å². The van der Waals surface area contributed by atoms with Gasteiger partial charge in [-0.25, -0.2) is 0 Å². The molecule has 1 aromatic heterocycles. The molecule has 5 nitrogen and oxygen atoms in total. The van der Waals surface area contributed by atoms with Crippen molar-refractivity contribution in [1.29, 1.82) is 0 Å². The van der Waals surface area contributed by atoms with Gasteiger partial charge in [-0.2, -0.15) is 0 Å². The Balaban J connectivity index is 2.06. The van der Waals surface area contributed by atoms with Crippen molar-refractivity contribution in [2.75, 3.05) is 12.8 Å². The van der Waals surface area contributed by atoms with Crippen LogP contribution in [-0.4, -0.2) is 18.0 Å². The molecule has 0 radical (unpaired) electrons. The van der Waals surface area contributed by atoms with E-state index in [1.807, 2.05) is 12.1 Å². The molecule has 0 unspecified atom stereocenters.